The van der Waals surface area contributed by atoms with Gasteiger partial charge in [0.15, 0.2) is 0 Å². The largest absolute Gasteiger partial charge is 0.493 e. The summed E-state index contributed by atoms with van der Waals surface area (Å²) < 4.78 is 21.9. The van der Waals surface area contributed by atoms with Gasteiger partial charge in [-0.2, -0.15) is 0 Å². The number of carbonyl (C=O) groups excluding carboxylic acids is 2. The van der Waals surface area contributed by atoms with E-state index in [1.54, 1.807) is 24.3 Å². The molecule has 0 aliphatic rings. The quantitative estimate of drug-likeness (QED) is 0.260. The number of hydrogen-bond donors (Lipinski definition) is 3. The van der Waals surface area contributed by atoms with E-state index in [1.807, 2.05) is 44.2 Å². The van der Waals surface area contributed by atoms with E-state index in [1.165, 1.54) is 13.2 Å². The Bertz CT molecular complexity index is 1180. The highest BCUT2D eigenvalue weighted by Gasteiger charge is 2.16. The molecule has 4 N–H and O–H groups in total. The fourth-order valence-electron chi connectivity index (χ4n) is 3.42. The molecule has 0 bridgehead atoms. The zero-order valence-corrected chi connectivity index (χ0v) is 20.6. The minimum Gasteiger partial charge on any atom is -0.493 e. The Labute approximate surface area is 210 Å². The predicted octanol–water partition coefficient (Wildman–Crippen LogP) is 4.75. The third kappa shape index (κ3) is 7.05. The number of hydrogen-bond acceptors (Lipinski definition) is 7. The van der Waals surface area contributed by atoms with Crippen molar-refractivity contribution >= 4 is 23.4 Å². The Kier molecular flexibility index (Phi) is 9.39. The van der Waals surface area contributed by atoms with Gasteiger partial charge in [-0.1, -0.05) is 30.3 Å². The van der Waals surface area contributed by atoms with Crippen molar-refractivity contribution in [3.8, 4) is 17.2 Å². The zero-order chi connectivity index (χ0) is 25.9. The highest BCUT2D eigenvalue weighted by molar-refractivity contribution is 5.96. The van der Waals surface area contributed by atoms with E-state index >= 15 is 0 Å². The van der Waals surface area contributed by atoms with Crippen molar-refractivity contribution in [1.29, 1.82) is 0 Å². The number of rotatable bonds is 11. The Morgan fingerprint density at radius 3 is 2.28 bits per heavy atom. The van der Waals surface area contributed by atoms with Crippen LogP contribution in [0.25, 0.3) is 0 Å². The lowest BCUT2D eigenvalue weighted by Crippen LogP contribution is -2.28. The summed E-state index contributed by atoms with van der Waals surface area (Å²) in [6.07, 6.45) is 0. The van der Waals surface area contributed by atoms with Gasteiger partial charge in [-0.15, -0.1) is 0 Å². The highest BCUT2D eigenvalue weighted by Crippen LogP contribution is 2.31. The highest BCUT2D eigenvalue weighted by atomic mass is 16.5. The van der Waals surface area contributed by atoms with E-state index in [0.29, 0.717) is 47.4 Å². The number of amides is 2. The van der Waals surface area contributed by atoms with Crippen LogP contribution in [0, 0.1) is 0 Å². The molecular formula is C27H31N3O6. The molecule has 0 aliphatic heterocycles. The average molecular weight is 494 g/mol. The minimum absolute atomic E-state index is 0.170. The maximum absolute atomic E-state index is 12.6. The second-order valence-electron chi connectivity index (χ2n) is 7.65. The smallest absolute Gasteiger partial charge is 0.341 e. The SMILES string of the molecule is CCOc1cc(CNC(=O)Nc2ccc(OCc3ccccc3)c(C(=O)OC)c2)c(OCC)cc1N. The molecule has 0 radical (unpaired) electrons. The van der Waals surface area contributed by atoms with Gasteiger partial charge in [-0.3, -0.25) is 0 Å². The second-order valence-corrected chi connectivity index (χ2v) is 7.65. The number of carbonyl (C=O) groups is 2. The number of benzene rings is 3. The van der Waals surface area contributed by atoms with Gasteiger partial charge < -0.3 is 35.3 Å². The van der Waals surface area contributed by atoms with Crippen molar-refractivity contribution in [2.45, 2.75) is 27.0 Å². The molecule has 36 heavy (non-hydrogen) atoms. The third-order valence-corrected chi connectivity index (χ3v) is 5.11. The Morgan fingerprint density at radius 2 is 1.58 bits per heavy atom. The van der Waals surface area contributed by atoms with Crippen LogP contribution >= 0.6 is 0 Å². The van der Waals surface area contributed by atoms with Crippen LogP contribution in [0.4, 0.5) is 16.2 Å². The van der Waals surface area contributed by atoms with Crippen LogP contribution in [0.15, 0.2) is 60.7 Å². The van der Waals surface area contributed by atoms with E-state index in [9.17, 15) is 9.59 Å². The van der Waals surface area contributed by atoms with E-state index in [4.69, 9.17) is 24.7 Å². The van der Waals surface area contributed by atoms with Crippen LogP contribution in [0.1, 0.15) is 35.3 Å². The predicted molar refractivity (Wildman–Crippen MR) is 138 cm³/mol. The average Bonchev–Trinajstić information content (AvgIpc) is 2.89. The van der Waals surface area contributed by atoms with Crippen molar-refractivity contribution in [2.75, 3.05) is 31.4 Å². The molecule has 0 saturated carbocycles. The van der Waals surface area contributed by atoms with Crippen molar-refractivity contribution in [2.24, 2.45) is 0 Å². The molecule has 0 unspecified atom stereocenters. The monoisotopic (exact) mass is 493 g/mol. The van der Waals surface area contributed by atoms with Crippen LogP contribution in [0.3, 0.4) is 0 Å². The van der Waals surface area contributed by atoms with Gasteiger partial charge >= 0.3 is 12.0 Å². The first-order chi connectivity index (χ1) is 17.4. The fourth-order valence-corrected chi connectivity index (χ4v) is 3.42. The van der Waals surface area contributed by atoms with E-state index in [-0.39, 0.29) is 18.7 Å². The van der Waals surface area contributed by atoms with Gasteiger partial charge in [0.1, 0.15) is 29.4 Å². The number of nitrogens with two attached hydrogens (primary N) is 1. The van der Waals surface area contributed by atoms with Gasteiger partial charge in [0.2, 0.25) is 0 Å². The lowest BCUT2D eigenvalue weighted by atomic mass is 10.1. The standard InChI is InChI=1S/C27H31N3O6/c1-4-34-24-15-22(28)25(35-5-2)13-19(24)16-29-27(32)30-20-11-12-23(21(14-20)26(31)33-3)36-17-18-9-7-6-8-10-18/h6-15H,4-5,16-17,28H2,1-3H3,(H2,29,30,32). The first-order valence-corrected chi connectivity index (χ1v) is 11.6. The van der Waals surface area contributed by atoms with Crippen molar-refractivity contribution in [1.82, 2.24) is 5.32 Å². The van der Waals surface area contributed by atoms with Crippen molar-refractivity contribution in [3.05, 3.63) is 77.4 Å². The molecule has 9 heteroatoms. The summed E-state index contributed by atoms with van der Waals surface area (Å²) in [4.78, 5) is 25.0. The lowest BCUT2D eigenvalue weighted by Gasteiger charge is -2.16. The maximum atomic E-state index is 12.6. The minimum atomic E-state index is -0.575. The summed E-state index contributed by atoms with van der Waals surface area (Å²) in [7, 11) is 1.29. The van der Waals surface area contributed by atoms with Crippen LogP contribution in [-0.2, 0) is 17.9 Å². The molecule has 0 atom stereocenters. The summed E-state index contributed by atoms with van der Waals surface area (Å²) >= 11 is 0. The van der Waals surface area contributed by atoms with E-state index < -0.39 is 12.0 Å². The first-order valence-electron chi connectivity index (χ1n) is 11.6. The molecule has 2 amide bonds. The van der Waals surface area contributed by atoms with Gasteiger partial charge in [0, 0.05) is 23.9 Å². The molecular weight excluding hydrogens is 462 g/mol. The zero-order valence-electron chi connectivity index (χ0n) is 20.6. The number of nitrogen functional groups attached to an aromatic ring is 1. The summed E-state index contributed by atoms with van der Waals surface area (Å²) in [6.45, 7) is 5.08. The van der Waals surface area contributed by atoms with Crippen molar-refractivity contribution < 1.29 is 28.5 Å². The summed E-state index contributed by atoms with van der Waals surface area (Å²) in [5.41, 5.74) is 8.75. The lowest BCUT2D eigenvalue weighted by molar-refractivity contribution is 0.0595. The molecule has 190 valence electrons. The second kappa shape index (κ2) is 12.9. The van der Waals surface area contributed by atoms with Crippen LogP contribution in [0.5, 0.6) is 17.2 Å². The number of esters is 1. The summed E-state index contributed by atoms with van der Waals surface area (Å²) in [5, 5.41) is 5.51. The number of anilines is 2. The van der Waals surface area contributed by atoms with E-state index in [2.05, 4.69) is 10.6 Å². The molecule has 0 aliphatic carbocycles. The molecule has 3 aromatic carbocycles. The first kappa shape index (κ1) is 26.2. The van der Waals surface area contributed by atoms with Crippen LogP contribution < -0.4 is 30.6 Å². The number of nitrogens with one attached hydrogen (secondary N) is 2. The number of ether oxygens (including phenoxy) is 4. The molecule has 9 nitrogen and oxygen atoms in total. The molecule has 0 heterocycles. The molecule has 0 spiro atoms. The summed E-state index contributed by atoms with van der Waals surface area (Å²) in [5.74, 6) is 0.857. The van der Waals surface area contributed by atoms with Gasteiger partial charge in [-0.05, 0) is 43.7 Å². The Hall–Kier alpha value is -4.40. The molecule has 0 saturated heterocycles. The fraction of sp³-hybridized carbons (Fsp3) is 0.259. The Balaban J connectivity index is 1.69. The third-order valence-electron chi connectivity index (χ3n) is 5.11. The Morgan fingerprint density at radius 1 is 0.861 bits per heavy atom. The number of urea groups is 1. The molecule has 0 aromatic heterocycles. The van der Waals surface area contributed by atoms with Gasteiger partial charge in [-0.25, -0.2) is 9.59 Å². The van der Waals surface area contributed by atoms with E-state index in [0.717, 1.165) is 5.56 Å². The van der Waals surface area contributed by atoms with Crippen molar-refractivity contribution in [3.63, 3.8) is 0 Å². The maximum Gasteiger partial charge on any atom is 0.341 e. The summed E-state index contributed by atoms with van der Waals surface area (Å²) in [6, 6.07) is 17.3. The van der Waals surface area contributed by atoms with Gasteiger partial charge in [0.25, 0.3) is 0 Å². The van der Waals surface area contributed by atoms with Gasteiger partial charge in [0.05, 0.1) is 26.0 Å². The molecule has 3 aromatic rings. The normalized spacial score (nSPS) is 10.3. The topological polar surface area (TPSA) is 121 Å². The van der Waals surface area contributed by atoms with Crippen LogP contribution in [-0.4, -0.2) is 32.3 Å². The molecule has 0 fully saturated rings. The van der Waals surface area contributed by atoms with Crippen LogP contribution in [0.2, 0.25) is 0 Å². The molecule has 3 rings (SSSR count). The number of methoxy groups -OCH3 is 1.